The molecule has 1 heteroatoms. The third kappa shape index (κ3) is 4.42. The molecule has 0 radical (unpaired) electrons. The van der Waals surface area contributed by atoms with Crippen molar-refractivity contribution in [3.63, 3.8) is 0 Å². The van der Waals surface area contributed by atoms with E-state index in [1.54, 1.807) is 0 Å². The highest BCUT2D eigenvalue weighted by Gasteiger charge is 2.15. The summed E-state index contributed by atoms with van der Waals surface area (Å²) >= 11 is 0. The predicted octanol–water partition coefficient (Wildman–Crippen LogP) is 6.25. The minimum Gasteiger partial charge on any atom is -0.508 e. The molecule has 0 fully saturated rings. The fourth-order valence-electron chi connectivity index (χ4n) is 2.89. The molecular weight excluding hydrogens is 292 g/mol. The van der Waals surface area contributed by atoms with Crippen molar-refractivity contribution in [2.24, 2.45) is 0 Å². The van der Waals surface area contributed by atoms with Crippen molar-refractivity contribution >= 4 is 0 Å². The first-order chi connectivity index (χ1) is 11.7. The van der Waals surface area contributed by atoms with Crippen molar-refractivity contribution in [1.29, 1.82) is 0 Å². The van der Waals surface area contributed by atoms with Crippen LogP contribution in [-0.2, 0) is 6.42 Å². The number of hydrogen-bond acceptors (Lipinski definition) is 1. The number of rotatable bonds is 6. The van der Waals surface area contributed by atoms with E-state index in [1.165, 1.54) is 5.56 Å². The van der Waals surface area contributed by atoms with Gasteiger partial charge in [0.2, 0.25) is 0 Å². The molecule has 0 bridgehead atoms. The van der Waals surface area contributed by atoms with Crippen molar-refractivity contribution in [1.82, 2.24) is 0 Å². The summed E-state index contributed by atoms with van der Waals surface area (Å²) in [5.41, 5.74) is 5.45. The van der Waals surface area contributed by atoms with Gasteiger partial charge in [-0.1, -0.05) is 68.9 Å². The topological polar surface area (TPSA) is 20.2 Å². The molecule has 0 spiro atoms. The van der Waals surface area contributed by atoms with Crippen LogP contribution in [0.5, 0.6) is 5.75 Å². The van der Waals surface area contributed by atoms with E-state index in [2.05, 4.69) is 37.8 Å². The molecule has 0 aliphatic carbocycles. The molecule has 24 heavy (non-hydrogen) atoms. The number of hydrogen-bond donors (Lipinski definition) is 1. The Morgan fingerprint density at radius 3 is 2.38 bits per heavy atom. The summed E-state index contributed by atoms with van der Waals surface area (Å²) in [5.74, 6) is 7.15. The molecule has 0 heterocycles. The number of benzene rings is 2. The van der Waals surface area contributed by atoms with Gasteiger partial charge in [0, 0.05) is 17.5 Å². The van der Waals surface area contributed by atoms with Gasteiger partial charge in [0.1, 0.15) is 5.75 Å². The maximum atomic E-state index is 10.4. The molecule has 0 unspecified atom stereocenters. The number of unbranched alkanes of at least 4 members (excludes halogenated alkanes) is 3. The molecule has 0 saturated heterocycles. The summed E-state index contributed by atoms with van der Waals surface area (Å²) in [6.45, 7) is 6.39. The van der Waals surface area contributed by atoms with Gasteiger partial charge >= 0.3 is 0 Å². The van der Waals surface area contributed by atoms with Gasteiger partial charge in [0.25, 0.3) is 0 Å². The lowest BCUT2D eigenvalue weighted by molar-refractivity contribution is 0.470. The maximum Gasteiger partial charge on any atom is 0.119 e. The SMILES string of the molecule is CCCCC#Cc1c(-c2ccccc2)cc(O)c(C)c1CCCC. The highest BCUT2D eigenvalue weighted by Crippen LogP contribution is 2.34. The number of phenols is 1. The Hall–Kier alpha value is -2.20. The quantitative estimate of drug-likeness (QED) is 0.492. The zero-order valence-electron chi connectivity index (χ0n) is 15.2. The van der Waals surface area contributed by atoms with Gasteiger partial charge in [-0.3, -0.25) is 0 Å². The van der Waals surface area contributed by atoms with Gasteiger partial charge < -0.3 is 5.11 Å². The molecule has 0 amide bonds. The second kappa shape index (κ2) is 9.18. The van der Waals surface area contributed by atoms with Gasteiger partial charge in [-0.05, 0) is 48.9 Å². The van der Waals surface area contributed by atoms with E-state index < -0.39 is 0 Å². The van der Waals surface area contributed by atoms with Crippen LogP contribution in [0.25, 0.3) is 11.1 Å². The van der Waals surface area contributed by atoms with Crippen molar-refractivity contribution in [2.45, 2.75) is 59.3 Å². The molecule has 2 rings (SSSR count). The summed E-state index contributed by atoms with van der Waals surface area (Å²) in [6, 6.07) is 12.1. The van der Waals surface area contributed by atoms with Crippen LogP contribution in [0.2, 0.25) is 0 Å². The largest absolute Gasteiger partial charge is 0.508 e. The van der Waals surface area contributed by atoms with Crippen molar-refractivity contribution in [2.75, 3.05) is 0 Å². The van der Waals surface area contributed by atoms with E-state index in [0.29, 0.717) is 5.75 Å². The smallest absolute Gasteiger partial charge is 0.119 e. The summed E-state index contributed by atoms with van der Waals surface area (Å²) in [5, 5.41) is 10.4. The first kappa shape index (κ1) is 18.1. The lowest BCUT2D eigenvalue weighted by atomic mass is 9.89. The van der Waals surface area contributed by atoms with Gasteiger partial charge in [-0.15, -0.1) is 0 Å². The van der Waals surface area contributed by atoms with E-state index in [4.69, 9.17) is 0 Å². The van der Waals surface area contributed by atoms with E-state index in [0.717, 1.165) is 60.8 Å². The molecule has 0 aliphatic rings. The summed E-state index contributed by atoms with van der Waals surface area (Å²) in [6.07, 6.45) is 6.44. The van der Waals surface area contributed by atoms with Crippen LogP contribution in [0.1, 0.15) is 62.6 Å². The van der Waals surface area contributed by atoms with Crippen LogP contribution in [-0.4, -0.2) is 5.11 Å². The minimum absolute atomic E-state index is 0.374. The molecule has 1 N–H and O–H groups in total. The Kier molecular flexibility index (Phi) is 6.94. The van der Waals surface area contributed by atoms with Crippen molar-refractivity contribution < 1.29 is 5.11 Å². The average Bonchev–Trinajstić information content (AvgIpc) is 2.61. The number of phenolic OH excluding ortho intramolecular Hbond substituents is 1. The zero-order chi connectivity index (χ0) is 17.4. The van der Waals surface area contributed by atoms with Gasteiger partial charge in [0.05, 0.1) is 0 Å². The van der Waals surface area contributed by atoms with Crippen LogP contribution in [0.4, 0.5) is 0 Å². The summed E-state index contributed by atoms with van der Waals surface area (Å²) in [4.78, 5) is 0. The second-order valence-electron chi connectivity index (χ2n) is 6.30. The number of aromatic hydroxyl groups is 1. The molecule has 2 aromatic carbocycles. The Morgan fingerprint density at radius 1 is 1.00 bits per heavy atom. The first-order valence-corrected chi connectivity index (χ1v) is 9.08. The normalized spacial score (nSPS) is 10.3. The molecule has 126 valence electrons. The van der Waals surface area contributed by atoms with Crippen LogP contribution < -0.4 is 0 Å². The third-order valence-corrected chi connectivity index (χ3v) is 4.42. The molecule has 0 atom stereocenters. The minimum atomic E-state index is 0.374. The Bertz CT molecular complexity index is 717. The summed E-state index contributed by atoms with van der Waals surface area (Å²) in [7, 11) is 0. The average molecular weight is 320 g/mol. The van der Waals surface area contributed by atoms with Crippen LogP contribution >= 0.6 is 0 Å². The van der Waals surface area contributed by atoms with E-state index in [-0.39, 0.29) is 0 Å². The fraction of sp³-hybridized carbons (Fsp3) is 0.391. The lowest BCUT2D eigenvalue weighted by Crippen LogP contribution is -1.99. The third-order valence-electron chi connectivity index (χ3n) is 4.42. The van der Waals surface area contributed by atoms with Crippen LogP contribution in [0.15, 0.2) is 36.4 Å². The molecule has 1 nitrogen and oxygen atoms in total. The first-order valence-electron chi connectivity index (χ1n) is 9.08. The molecule has 0 aliphatic heterocycles. The van der Waals surface area contributed by atoms with Crippen molar-refractivity contribution in [3.05, 3.63) is 53.1 Å². The Labute approximate surface area is 146 Å². The molecule has 0 aromatic heterocycles. The van der Waals surface area contributed by atoms with Crippen molar-refractivity contribution in [3.8, 4) is 28.7 Å². The van der Waals surface area contributed by atoms with E-state index >= 15 is 0 Å². The maximum absolute atomic E-state index is 10.4. The Balaban J connectivity index is 2.58. The van der Waals surface area contributed by atoms with Crippen LogP contribution in [0, 0.1) is 18.8 Å². The highest BCUT2D eigenvalue weighted by atomic mass is 16.3. The Morgan fingerprint density at radius 2 is 1.71 bits per heavy atom. The molecule has 2 aromatic rings. The zero-order valence-corrected chi connectivity index (χ0v) is 15.2. The second-order valence-corrected chi connectivity index (χ2v) is 6.30. The monoisotopic (exact) mass is 320 g/mol. The standard InChI is InChI=1S/C23H28O/c1-4-6-8-12-16-21-20(15-7-5-2)18(3)23(24)17-22(21)19-13-10-9-11-14-19/h9-11,13-14,17,24H,4-8,15H2,1-3H3. The van der Waals surface area contributed by atoms with E-state index in [9.17, 15) is 5.11 Å². The molecular formula is C23H28O. The van der Waals surface area contributed by atoms with Gasteiger partial charge in [-0.2, -0.15) is 0 Å². The fourth-order valence-corrected chi connectivity index (χ4v) is 2.89. The van der Waals surface area contributed by atoms with Gasteiger partial charge in [-0.25, -0.2) is 0 Å². The molecule has 0 saturated carbocycles. The summed E-state index contributed by atoms with van der Waals surface area (Å²) < 4.78 is 0. The predicted molar refractivity (Wildman–Crippen MR) is 103 cm³/mol. The van der Waals surface area contributed by atoms with Crippen LogP contribution in [0.3, 0.4) is 0 Å². The van der Waals surface area contributed by atoms with E-state index in [1.807, 2.05) is 31.2 Å². The highest BCUT2D eigenvalue weighted by molar-refractivity contribution is 5.76. The lowest BCUT2D eigenvalue weighted by Gasteiger charge is -2.15. The van der Waals surface area contributed by atoms with Gasteiger partial charge in [0.15, 0.2) is 0 Å².